The molecule has 0 spiro atoms. The lowest BCUT2D eigenvalue weighted by Crippen LogP contribution is -2.44. The molecule has 2 aliphatic heterocycles. The van der Waals surface area contributed by atoms with Crippen LogP contribution in [-0.2, 0) is 34.7 Å². The lowest BCUT2D eigenvalue weighted by Gasteiger charge is -2.31. The van der Waals surface area contributed by atoms with Gasteiger partial charge < -0.3 is 19.5 Å². The topological polar surface area (TPSA) is 102 Å². The number of cyclic esters (lactones) is 1. The van der Waals surface area contributed by atoms with Crippen molar-refractivity contribution in [2.45, 2.75) is 45.4 Å². The van der Waals surface area contributed by atoms with Crippen LogP contribution in [0.25, 0.3) is 22.3 Å². The van der Waals surface area contributed by atoms with E-state index in [9.17, 15) is 19.8 Å². The lowest BCUT2D eigenvalue weighted by atomic mass is 9.86. The summed E-state index contributed by atoms with van der Waals surface area (Å²) in [5, 5.41) is 21.8. The second-order valence-corrected chi connectivity index (χ2v) is 7.58. The maximum absolute atomic E-state index is 13.2. The fraction of sp³-hybridized carbons (Fsp3) is 0.318. The molecule has 0 radical (unpaired) electrons. The highest BCUT2D eigenvalue weighted by atomic mass is 16.6. The van der Waals surface area contributed by atoms with E-state index in [1.54, 1.807) is 29.7 Å². The Kier molecular flexibility index (Phi) is 3.64. The predicted molar refractivity (Wildman–Crippen MR) is 106 cm³/mol. The van der Waals surface area contributed by atoms with Crippen molar-refractivity contribution in [3.8, 4) is 17.1 Å². The van der Waals surface area contributed by atoms with Crippen LogP contribution >= 0.6 is 0 Å². The molecule has 2 N–H and O–H groups in total. The summed E-state index contributed by atoms with van der Waals surface area (Å²) in [6, 6.07) is 6.78. The number of aromatic hydroxyl groups is 1. The van der Waals surface area contributed by atoms with E-state index in [1.165, 1.54) is 0 Å². The molecule has 148 valence electrons. The van der Waals surface area contributed by atoms with Gasteiger partial charge in [0.2, 0.25) is 0 Å². The Labute approximate surface area is 166 Å². The Morgan fingerprint density at radius 1 is 1.21 bits per heavy atom. The molecule has 1 atom stereocenters. The molecule has 4 heterocycles. The Morgan fingerprint density at radius 3 is 2.72 bits per heavy atom. The summed E-state index contributed by atoms with van der Waals surface area (Å²) in [5.41, 5.74) is 2.40. The Morgan fingerprint density at radius 2 is 2.00 bits per heavy atom. The van der Waals surface area contributed by atoms with Gasteiger partial charge in [-0.2, -0.15) is 0 Å². The van der Waals surface area contributed by atoms with Gasteiger partial charge >= 0.3 is 5.97 Å². The third-order valence-corrected chi connectivity index (χ3v) is 6.14. The minimum atomic E-state index is -1.84. The van der Waals surface area contributed by atoms with Gasteiger partial charge in [0.05, 0.1) is 29.0 Å². The van der Waals surface area contributed by atoms with Gasteiger partial charge in [-0.1, -0.05) is 13.8 Å². The molecule has 29 heavy (non-hydrogen) atoms. The third kappa shape index (κ3) is 2.25. The average Bonchev–Trinajstić information content (AvgIpc) is 3.08. The number of ether oxygens (including phenoxy) is 1. The predicted octanol–water partition coefficient (Wildman–Crippen LogP) is 2.35. The largest absolute Gasteiger partial charge is 0.508 e. The number of hydrogen-bond acceptors (Lipinski definition) is 6. The Bertz CT molecular complexity index is 1280. The number of fused-ring (bicyclic) bond motifs is 5. The molecule has 0 amide bonds. The number of aromatic nitrogens is 2. The van der Waals surface area contributed by atoms with Crippen LogP contribution in [0.1, 0.15) is 42.5 Å². The van der Waals surface area contributed by atoms with Crippen molar-refractivity contribution in [2.75, 3.05) is 0 Å². The van der Waals surface area contributed by atoms with Crippen molar-refractivity contribution < 1.29 is 19.7 Å². The molecule has 0 aliphatic carbocycles. The molecule has 7 nitrogen and oxygen atoms in total. The molecule has 1 aromatic carbocycles. The van der Waals surface area contributed by atoms with Gasteiger partial charge in [-0.15, -0.1) is 0 Å². The minimum Gasteiger partial charge on any atom is -0.508 e. The number of phenolic OH excluding ortho intramolecular Hbond substituents is 1. The Balaban J connectivity index is 1.84. The van der Waals surface area contributed by atoms with Crippen molar-refractivity contribution in [2.24, 2.45) is 0 Å². The van der Waals surface area contributed by atoms with E-state index in [0.29, 0.717) is 34.6 Å². The van der Waals surface area contributed by atoms with Gasteiger partial charge in [0.15, 0.2) is 5.60 Å². The number of aliphatic hydroxyl groups is 1. The van der Waals surface area contributed by atoms with Gasteiger partial charge in [-0.25, -0.2) is 9.78 Å². The summed E-state index contributed by atoms with van der Waals surface area (Å²) in [5.74, 6) is -0.614. The number of aryl methyl sites for hydroxylation is 1. The van der Waals surface area contributed by atoms with E-state index in [1.807, 2.05) is 13.0 Å². The van der Waals surface area contributed by atoms with E-state index >= 15 is 0 Å². The molecule has 7 heteroatoms. The van der Waals surface area contributed by atoms with Crippen LogP contribution in [0, 0.1) is 0 Å². The number of pyridine rings is 2. The first kappa shape index (κ1) is 17.9. The highest BCUT2D eigenvalue weighted by molar-refractivity contribution is 5.89. The summed E-state index contributed by atoms with van der Waals surface area (Å²) in [6.45, 7) is 3.96. The van der Waals surface area contributed by atoms with Crippen molar-refractivity contribution in [3.05, 3.63) is 56.9 Å². The van der Waals surface area contributed by atoms with Crippen molar-refractivity contribution in [1.82, 2.24) is 9.55 Å². The van der Waals surface area contributed by atoms with Crippen LogP contribution in [-0.4, -0.2) is 25.7 Å². The summed E-state index contributed by atoms with van der Waals surface area (Å²) < 4.78 is 6.73. The summed E-state index contributed by atoms with van der Waals surface area (Å²) in [6.07, 6.45) is 0.850. The van der Waals surface area contributed by atoms with Crippen LogP contribution in [0.2, 0.25) is 0 Å². The maximum atomic E-state index is 13.2. The number of hydrogen-bond donors (Lipinski definition) is 2. The van der Waals surface area contributed by atoms with Crippen molar-refractivity contribution >= 4 is 16.9 Å². The quantitative estimate of drug-likeness (QED) is 0.508. The molecule has 0 fully saturated rings. The van der Waals surface area contributed by atoms with Gasteiger partial charge in [-0.05, 0) is 36.6 Å². The molecular weight excluding hydrogens is 372 g/mol. The monoisotopic (exact) mass is 392 g/mol. The fourth-order valence-corrected chi connectivity index (χ4v) is 4.56. The van der Waals surface area contributed by atoms with Crippen LogP contribution in [0.5, 0.6) is 5.75 Å². The highest BCUT2D eigenvalue weighted by Gasteiger charge is 2.45. The van der Waals surface area contributed by atoms with Gasteiger partial charge in [0, 0.05) is 22.6 Å². The summed E-state index contributed by atoms with van der Waals surface area (Å²) in [7, 11) is 0. The van der Waals surface area contributed by atoms with Crippen molar-refractivity contribution in [1.29, 1.82) is 0 Å². The molecule has 2 aliphatic rings. The van der Waals surface area contributed by atoms with Crippen LogP contribution < -0.4 is 5.56 Å². The summed E-state index contributed by atoms with van der Waals surface area (Å²) >= 11 is 0. The molecule has 0 bridgehead atoms. The van der Waals surface area contributed by atoms with Crippen molar-refractivity contribution in [3.63, 3.8) is 0 Å². The zero-order valence-electron chi connectivity index (χ0n) is 16.2. The molecule has 5 rings (SSSR count). The van der Waals surface area contributed by atoms with Gasteiger partial charge in [0.25, 0.3) is 5.56 Å². The smallest absolute Gasteiger partial charge is 0.343 e. The maximum Gasteiger partial charge on any atom is 0.343 e. The van der Waals surface area contributed by atoms with Gasteiger partial charge in [-0.3, -0.25) is 4.79 Å². The third-order valence-electron chi connectivity index (χ3n) is 6.14. The molecular formula is C22H20N2O5. The number of benzene rings is 1. The first-order chi connectivity index (χ1) is 13.9. The number of carbonyl (C=O) groups excluding carboxylic acids is 1. The second-order valence-electron chi connectivity index (χ2n) is 7.58. The van der Waals surface area contributed by atoms with E-state index in [0.717, 1.165) is 22.9 Å². The first-order valence-corrected chi connectivity index (χ1v) is 9.70. The number of esters is 1. The van der Waals surface area contributed by atoms with Crippen LogP contribution in [0.15, 0.2) is 29.1 Å². The average molecular weight is 392 g/mol. The molecule has 3 aromatic rings. The molecule has 2 aromatic heterocycles. The normalized spacial score (nSPS) is 19.6. The first-order valence-electron chi connectivity index (χ1n) is 9.70. The van der Waals surface area contributed by atoms with Gasteiger partial charge in [0.1, 0.15) is 12.4 Å². The number of rotatable bonds is 2. The van der Waals surface area contributed by atoms with Crippen LogP contribution in [0.4, 0.5) is 0 Å². The zero-order chi connectivity index (χ0) is 20.5. The molecule has 0 saturated heterocycles. The second kappa shape index (κ2) is 5.90. The summed E-state index contributed by atoms with van der Waals surface area (Å²) in [4.78, 5) is 30.2. The SMILES string of the molecule is CCc1c2c(nc3cc(O)ccc13)-c1cc3c(c(=O)n1C2)COC(=O)[C@]3(O)CC. The van der Waals surface area contributed by atoms with E-state index in [2.05, 4.69) is 0 Å². The van der Waals surface area contributed by atoms with Crippen LogP contribution in [0.3, 0.4) is 0 Å². The highest BCUT2D eigenvalue weighted by Crippen LogP contribution is 2.40. The zero-order valence-corrected chi connectivity index (χ0v) is 16.2. The minimum absolute atomic E-state index is 0.105. The Hall–Kier alpha value is -3.19. The fourth-order valence-electron chi connectivity index (χ4n) is 4.56. The number of phenols is 1. The van der Waals surface area contributed by atoms with E-state index in [-0.39, 0.29) is 24.3 Å². The standard InChI is InChI=1S/C22H20N2O5/c1-3-12-13-6-5-11(25)7-17(13)23-19-14(12)9-24-18(19)8-16-15(20(24)26)10-29-21(27)22(16,28)4-2/h5-8,25,28H,3-4,9-10H2,1-2H3/t22-/m0/s1. The lowest BCUT2D eigenvalue weighted by molar-refractivity contribution is -0.172. The van der Waals surface area contributed by atoms with E-state index < -0.39 is 11.6 Å². The molecule has 0 unspecified atom stereocenters. The van der Waals surface area contributed by atoms with E-state index in [4.69, 9.17) is 9.72 Å². The number of nitrogens with zero attached hydrogens (tertiary/aromatic N) is 2. The number of carbonyl (C=O) groups is 1. The molecule has 0 saturated carbocycles.